The maximum absolute atomic E-state index is 12.6. The monoisotopic (exact) mass is 400 g/mol. The third-order valence-electron chi connectivity index (χ3n) is 4.98. The summed E-state index contributed by atoms with van der Waals surface area (Å²) in [6, 6.07) is 20.9. The minimum absolute atomic E-state index is 0.224. The molecule has 0 aliphatic carbocycles. The SMILES string of the molecule is Cc1ccccc1OCCn1c(C(C)NC(=O)c2ccccn2)nc2ccccc21. The van der Waals surface area contributed by atoms with E-state index < -0.39 is 0 Å². The van der Waals surface area contributed by atoms with Crippen molar-refractivity contribution in [1.29, 1.82) is 0 Å². The first-order valence-electron chi connectivity index (χ1n) is 9.99. The lowest BCUT2D eigenvalue weighted by Crippen LogP contribution is -2.29. The van der Waals surface area contributed by atoms with Gasteiger partial charge in [0.2, 0.25) is 0 Å². The van der Waals surface area contributed by atoms with Gasteiger partial charge in [-0.15, -0.1) is 0 Å². The van der Waals surface area contributed by atoms with Crippen molar-refractivity contribution in [3.63, 3.8) is 0 Å². The van der Waals surface area contributed by atoms with Gasteiger partial charge in [0.25, 0.3) is 5.91 Å². The molecule has 0 bridgehead atoms. The molecule has 2 aromatic carbocycles. The molecule has 30 heavy (non-hydrogen) atoms. The molecule has 0 spiro atoms. The lowest BCUT2D eigenvalue weighted by molar-refractivity contribution is 0.0932. The molecular weight excluding hydrogens is 376 g/mol. The van der Waals surface area contributed by atoms with Gasteiger partial charge < -0.3 is 14.6 Å². The van der Waals surface area contributed by atoms with Crippen LogP contribution in [0.3, 0.4) is 0 Å². The van der Waals surface area contributed by atoms with Crippen LogP contribution in [0.2, 0.25) is 0 Å². The van der Waals surface area contributed by atoms with Gasteiger partial charge in [-0.2, -0.15) is 0 Å². The Kier molecular flexibility index (Phi) is 5.75. The van der Waals surface area contributed by atoms with Crippen LogP contribution in [0.1, 0.15) is 34.8 Å². The highest BCUT2D eigenvalue weighted by atomic mass is 16.5. The Hall–Kier alpha value is -3.67. The van der Waals surface area contributed by atoms with Gasteiger partial charge in [0.05, 0.1) is 23.6 Å². The van der Waals surface area contributed by atoms with Crippen LogP contribution in [0.25, 0.3) is 11.0 Å². The molecule has 0 fully saturated rings. The van der Waals surface area contributed by atoms with Gasteiger partial charge in [-0.1, -0.05) is 36.4 Å². The smallest absolute Gasteiger partial charge is 0.270 e. The van der Waals surface area contributed by atoms with Crippen molar-refractivity contribution in [3.8, 4) is 5.75 Å². The predicted molar refractivity (Wildman–Crippen MR) is 117 cm³/mol. The van der Waals surface area contributed by atoms with Gasteiger partial charge in [0.1, 0.15) is 23.9 Å². The normalized spacial score (nSPS) is 11.9. The Morgan fingerprint density at radius 3 is 2.63 bits per heavy atom. The molecule has 0 aliphatic heterocycles. The lowest BCUT2D eigenvalue weighted by Gasteiger charge is -2.17. The molecule has 4 rings (SSSR count). The summed E-state index contributed by atoms with van der Waals surface area (Å²) in [5, 5.41) is 3.01. The summed E-state index contributed by atoms with van der Waals surface area (Å²) in [6.07, 6.45) is 1.61. The number of para-hydroxylation sites is 3. The third-order valence-corrected chi connectivity index (χ3v) is 4.98. The van der Waals surface area contributed by atoms with Gasteiger partial charge in [-0.25, -0.2) is 4.98 Å². The topological polar surface area (TPSA) is 69.0 Å². The molecule has 1 unspecified atom stereocenters. The number of rotatable bonds is 7. The maximum Gasteiger partial charge on any atom is 0.270 e. The minimum Gasteiger partial charge on any atom is -0.491 e. The van der Waals surface area contributed by atoms with Gasteiger partial charge in [-0.05, 0) is 49.7 Å². The highest BCUT2D eigenvalue weighted by Gasteiger charge is 2.19. The Morgan fingerprint density at radius 2 is 1.83 bits per heavy atom. The first-order valence-corrected chi connectivity index (χ1v) is 9.99. The molecule has 4 aromatic rings. The van der Waals surface area contributed by atoms with Crippen molar-refractivity contribution in [2.24, 2.45) is 0 Å². The summed E-state index contributed by atoms with van der Waals surface area (Å²) in [4.78, 5) is 21.5. The molecule has 1 N–H and O–H groups in total. The number of nitrogens with zero attached hydrogens (tertiary/aromatic N) is 3. The second-order valence-electron chi connectivity index (χ2n) is 7.13. The van der Waals surface area contributed by atoms with Crippen molar-refractivity contribution in [2.45, 2.75) is 26.4 Å². The first-order chi connectivity index (χ1) is 14.6. The van der Waals surface area contributed by atoms with E-state index in [0.717, 1.165) is 28.2 Å². The van der Waals surface area contributed by atoms with Crippen LogP contribution in [-0.2, 0) is 6.54 Å². The van der Waals surface area contributed by atoms with E-state index in [1.807, 2.05) is 62.4 Å². The second-order valence-corrected chi connectivity index (χ2v) is 7.13. The van der Waals surface area contributed by atoms with E-state index in [2.05, 4.69) is 14.9 Å². The fraction of sp³-hybridized carbons (Fsp3) is 0.208. The molecule has 0 saturated heterocycles. The van der Waals surface area contributed by atoms with Crippen LogP contribution in [0.4, 0.5) is 0 Å². The number of hydrogen-bond donors (Lipinski definition) is 1. The summed E-state index contributed by atoms with van der Waals surface area (Å²) >= 11 is 0. The van der Waals surface area contributed by atoms with Crippen molar-refractivity contribution >= 4 is 16.9 Å². The molecule has 2 heterocycles. The standard InChI is InChI=1S/C24H24N4O2/c1-17-9-3-6-13-22(17)30-16-15-28-21-12-5-4-10-19(21)27-23(28)18(2)26-24(29)20-11-7-8-14-25-20/h3-14,18H,15-16H2,1-2H3,(H,26,29). The van der Waals surface area contributed by atoms with Gasteiger partial charge >= 0.3 is 0 Å². The molecule has 0 aliphatic rings. The molecule has 152 valence electrons. The van der Waals surface area contributed by atoms with Crippen LogP contribution < -0.4 is 10.1 Å². The van der Waals surface area contributed by atoms with E-state index in [9.17, 15) is 4.79 Å². The fourth-order valence-corrected chi connectivity index (χ4v) is 3.46. The number of hydrogen-bond acceptors (Lipinski definition) is 4. The van der Waals surface area contributed by atoms with Crippen LogP contribution >= 0.6 is 0 Å². The second kappa shape index (κ2) is 8.78. The molecule has 1 amide bonds. The number of carbonyl (C=O) groups is 1. The average Bonchev–Trinajstić information content (AvgIpc) is 3.14. The summed E-state index contributed by atoms with van der Waals surface area (Å²) in [5.41, 5.74) is 3.39. The number of carbonyl (C=O) groups excluding carboxylic acids is 1. The Morgan fingerprint density at radius 1 is 1.07 bits per heavy atom. The van der Waals surface area contributed by atoms with E-state index in [1.54, 1.807) is 24.4 Å². The zero-order valence-electron chi connectivity index (χ0n) is 17.1. The highest BCUT2D eigenvalue weighted by molar-refractivity contribution is 5.92. The minimum atomic E-state index is -0.287. The van der Waals surface area contributed by atoms with E-state index in [-0.39, 0.29) is 11.9 Å². The first kappa shape index (κ1) is 19.6. The number of imidazole rings is 1. The Bertz CT molecular complexity index is 1150. The zero-order valence-corrected chi connectivity index (χ0v) is 17.1. The highest BCUT2D eigenvalue weighted by Crippen LogP contribution is 2.22. The van der Waals surface area contributed by atoms with Gasteiger partial charge in [0, 0.05) is 6.20 Å². The lowest BCUT2D eigenvalue weighted by atomic mass is 10.2. The number of fused-ring (bicyclic) bond motifs is 1. The van der Waals surface area contributed by atoms with Gasteiger partial charge in [-0.3, -0.25) is 9.78 Å². The number of ether oxygens (including phenoxy) is 1. The zero-order chi connectivity index (χ0) is 20.9. The van der Waals surface area contributed by atoms with Crippen molar-refractivity contribution in [1.82, 2.24) is 19.9 Å². The van der Waals surface area contributed by atoms with Crippen molar-refractivity contribution in [2.75, 3.05) is 6.61 Å². The van der Waals surface area contributed by atoms with Crippen molar-refractivity contribution < 1.29 is 9.53 Å². The van der Waals surface area contributed by atoms with E-state index >= 15 is 0 Å². The van der Waals surface area contributed by atoms with Gasteiger partial charge in [0.15, 0.2) is 0 Å². The summed E-state index contributed by atoms with van der Waals surface area (Å²) in [7, 11) is 0. The molecule has 1 atom stereocenters. The number of aryl methyl sites for hydroxylation is 1. The average molecular weight is 400 g/mol. The van der Waals surface area contributed by atoms with Crippen LogP contribution in [0, 0.1) is 6.92 Å². The number of aromatic nitrogens is 3. The molecule has 6 nitrogen and oxygen atoms in total. The van der Waals surface area contributed by atoms with E-state index in [1.165, 1.54) is 0 Å². The van der Waals surface area contributed by atoms with E-state index in [4.69, 9.17) is 9.72 Å². The van der Waals surface area contributed by atoms with Crippen LogP contribution in [0.15, 0.2) is 72.9 Å². The molecular formula is C24H24N4O2. The van der Waals surface area contributed by atoms with Crippen LogP contribution in [0.5, 0.6) is 5.75 Å². The number of pyridine rings is 1. The molecule has 2 aromatic heterocycles. The number of nitrogens with one attached hydrogen (secondary N) is 1. The predicted octanol–water partition coefficient (Wildman–Crippen LogP) is 4.31. The van der Waals surface area contributed by atoms with Crippen LogP contribution in [-0.4, -0.2) is 27.0 Å². The van der Waals surface area contributed by atoms with E-state index in [0.29, 0.717) is 18.8 Å². The largest absolute Gasteiger partial charge is 0.491 e. The Balaban J connectivity index is 1.55. The third kappa shape index (κ3) is 4.17. The molecule has 0 saturated carbocycles. The van der Waals surface area contributed by atoms with Crippen molar-refractivity contribution in [3.05, 3.63) is 90.0 Å². The summed E-state index contributed by atoms with van der Waals surface area (Å²) in [5.74, 6) is 1.44. The maximum atomic E-state index is 12.6. The summed E-state index contributed by atoms with van der Waals surface area (Å²) < 4.78 is 8.11. The molecule has 0 radical (unpaired) electrons. The number of benzene rings is 2. The fourth-order valence-electron chi connectivity index (χ4n) is 3.46. The Labute approximate surface area is 175 Å². The molecule has 6 heteroatoms. The quantitative estimate of drug-likeness (QED) is 0.502. The number of amides is 1. The summed E-state index contributed by atoms with van der Waals surface area (Å²) in [6.45, 7) is 5.08.